The Labute approximate surface area is 159 Å². The SMILES string of the molecule is COc1cc(Br)c2ccc3ccnc4c(=O)oc1c2c34.ClC(Cl)Cl. The second-order valence-corrected chi connectivity index (χ2v) is 7.61. The number of methoxy groups -OCH3 is 1. The van der Waals surface area contributed by atoms with E-state index in [1.165, 1.54) is 0 Å². The number of nitrogens with zero attached hydrogens (tertiary/aromatic N) is 1. The summed E-state index contributed by atoms with van der Waals surface area (Å²) in [6.07, 6.45) is 1.62. The number of aromatic nitrogens is 1. The Kier molecular flexibility index (Phi) is 5.06. The molecule has 0 aliphatic rings. The number of hydrogen-bond acceptors (Lipinski definition) is 4. The van der Waals surface area contributed by atoms with E-state index in [1.54, 1.807) is 19.4 Å². The number of rotatable bonds is 1. The molecule has 0 aliphatic carbocycles. The van der Waals surface area contributed by atoms with Crippen LogP contribution in [0.3, 0.4) is 0 Å². The van der Waals surface area contributed by atoms with Gasteiger partial charge >= 0.3 is 5.63 Å². The van der Waals surface area contributed by atoms with E-state index in [0.29, 0.717) is 16.8 Å². The molecule has 124 valence electrons. The molecule has 0 radical (unpaired) electrons. The molecule has 8 heteroatoms. The third kappa shape index (κ3) is 3.02. The van der Waals surface area contributed by atoms with Gasteiger partial charge in [-0.1, -0.05) is 62.9 Å². The van der Waals surface area contributed by atoms with E-state index in [9.17, 15) is 4.79 Å². The van der Waals surface area contributed by atoms with Gasteiger partial charge in [0.05, 0.1) is 7.11 Å². The predicted octanol–water partition coefficient (Wildman–Crippen LogP) is 5.69. The van der Waals surface area contributed by atoms with Crippen LogP contribution < -0.4 is 10.4 Å². The molecule has 2 aromatic carbocycles. The summed E-state index contributed by atoms with van der Waals surface area (Å²) in [6.45, 7) is 0. The molecule has 4 nitrogen and oxygen atoms in total. The third-order valence-corrected chi connectivity index (χ3v) is 4.16. The smallest absolute Gasteiger partial charge is 0.363 e. The van der Waals surface area contributed by atoms with Crippen LogP contribution in [-0.4, -0.2) is 16.4 Å². The topological polar surface area (TPSA) is 52.3 Å². The number of ether oxygens (including phenoxy) is 1. The normalized spacial score (nSPS) is 11.2. The lowest BCUT2D eigenvalue weighted by molar-refractivity contribution is 0.407. The monoisotopic (exact) mass is 447 g/mol. The molecule has 4 aromatic rings. The summed E-state index contributed by atoms with van der Waals surface area (Å²) in [5, 5.41) is 3.60. The van der Waals surface area contributed by atoms with E-state index < -0.39 is 9.92 Å². The molecule has 0 aliphatic heterocycles. The van der Waals surface area contributed by atoms with Gasteiger partial charge in [-0.05, 0) is 17.5 Å². The van der Waals surface area contributed by atoms with Crippen molar-refractivity contribution in [2.75, 3.05) is 7.11 Å². The van der Waals surface area contributed by atoms with E-state index in [2.05, 4.69) is 20.9 Å². The maximum absolute atomic E-state index is 12.1. The molecule has 2 heterocycles. The van der Waals surface area contributed by atoms with Crippen LogP contribution in [0.15, 0.2) is 44.1 Å². The van der Waals surface area contributed by atoms with Crippen molar-refractivity contribution < 1.29 is 9.15 Å². The Hall–Kier alpha value is -1.27. The van der Waals surface area contributed by atoms with Crippen molar-refractivity contribution in [2.45, 2.75) is 4.30 Å². The highest BCUT2D eigenvalue weighted by molar-refractivity contribution is 9.10. The summed E-state index contributed by atoms with van der Waals surface area (Å²) < 4.78 is 10.9. The zero-order valence-electron chi connectivity index (χ0n) is 12.1. The molecule has 0 fully saturated rings. The van der Waals surface area contributed by atoms with Crippen molar-refractivity contribution in [1.29, 1.82) is 0 Å². The van der Waals surface area contributed by atoms with Crippen LogP contribution >= 0.6 is 50.7 Å². The Morgan fingerprint density at radius 2 is 1.92 bits per heavy atom. The standard InChI is InChI=1S/C15H8BrNO3.CHCl3/c1-19-10-6-9(16)8-3-2-7-4-5-17-13-11(7)12(8)14(10)20-15(13)18;2-1(3)4/h2-6H,1H3;1H. The average molecular weight is 450 g/mol. The van der Waals surface area contributed by atoms with E-state index >= 15 is 0 Å². The number of benzene rings is 2. The molecule has 0 bridgehead atoms. The number of halogens is 4. The third-order valence-electron chi connectivity index (χ3n) is 3.51. The van der Waals surface area contributed by atoms with Crippen LogP contribution in [0.5, 0.6) is 5.75 Å². The molecule has 0 N–H and O–H groups in total. The highest BCUT2D eigenvalue weighted by atomic mass is 79.9. The first-order valence-electron chi connectivity index (χ1n) is 6.66. The minimum atomic E-state index is -0.750. The predicted molar refractivity (Wildman–Crippen MR) is 102 cm³/mol. The van der Waals surface area contributed by atoms with Crippen molar-refractivity contribution in [3.63, 3.8) is 0 Å². The Morgan fingerprint density at radius 3 is 2.58 bits per heavy atom. The van der Waals surface area contributed by atoms with Crippen molar-refractivity contribution in [3.05, 3.63) is 45.4 Å². The van der Waals surface area contributed by atoms with E-state index in [4.69, 9.17) is 44.0 Å². The first kappa shape index (κ1) is 17.5. The molecular weight excluding hydrogens is 440 g/mol. The second kappa shape index (κ2) is 6.92. The van der Waals surface area contributed by atoms with Crippen LogP contribution in [0, 0.1) is 0 Å². The maximum atomic E-state index is 12.1. The van der Waals surface area contributed by atoms with Gasteiger partial charge in [0.25, 0.3) is 0 Å². The minimum Gasteiger partial charge on any atom is -0.493 e. The zero-order valence-corrected chi connectivity index (χ0v) is 16.0. The number of hydrogen-bond donors (Lipinski definition) is 0. The van der Waals surface area contributed by atoms with Crippen LogP contribution in [-0.2, 0) is 0 Å². The summed E-state index contributed by atoms with van der Waals surface area (Å²) in [7, 11) is 1.55. The summed E-state index contributed by atoms with van der Waals surface area (Å²) in [5.41, 5.74) is 0.360. The van der Waals surface area contributed by atoms with Crippen LogP contribution in [0.1, 0.15) is 0 Å². The van der Waals surface area contributed by atoms with E-state index in [1.807, 2.05) is 18.2 Å². The van der Waals surface area contributed by atoms with Crippen LogP contribution in [0.2, 0.25) is 0 Å². The van der Waals surface area contributed by atoms with Gasteiger partial charge < -0.3 is 9.15 Å². The lowest BCUT2D eigenvalue weighted by Gasteiger charge is -2.12. The average Bonchev–Trinajstić information content (AvgIpc) is 2.54. The molecule has 0 amide bonds. The Balaban J connectivity index is 0.000000383. The summed E-state index contributed by atoms with van der Waals surface area (Å²) in [5.74, 6) is 0.528. The zero-order chi connectivity index (χ0) is 17.4. The molecule has 0 saturated carbocycles. The fourth-order valence-electron chi connectivity index (χ4n) is 2.63. The molecule has 0 spiro atoms. The van der Waals surface area contributed by atoms with Gasteiger partial charge in [0, 0.05) is 26.8 Å². The lowest BCUT2D eigenvalue weighted by Crippen LogP contribution is -2.04. The highest BCUT2D eigenvalue weighted by Gasteiger charge is 2.18. The largest absolute Gasteiger partial charge is 0.493 e. The van der Waals surface area contributed by atoms with Crippen molar-refractivity contribution in [1.82, 2.24) is 4.98 Å². The quantitative estimate of drug-likeness (QED) is 0.213. The molecule has 2 aromatic heterocycles. The first-order valence-corrected chi connectivity index (χ1v) is 8.76. The van der Waals surface area contributed by atoms with Crippen LogP contribution in [0.25, 0.3) is 32.6 Å². The maximum Gasteiger partial charge on any atom is 0.363 e. The minimum absolute atomic E-state index is 0.348. The van der Waals surface area contributed by atoms with Crippen molar-refractivity contribution in [2.24, 2.45) is 0 Å². The van der Waals surface area contributed by atoms with Gasteiger partial charge in [-0.3, -0.25) is 0 Å². The van der Waals surface area contributed by atoms with E-state index in [0.717, 1.165) is 26.0 Å². The molecule has 4 rings (SSSR count). The van der Waals surface area contributed by atoms with Gasteiger partial charge in [-0.25, -0.2) is 9.78 Å². The summed E-state index contributed by atoms with van der Waals surface area (Å²) >= 11 is 17.9. The van der Waals surface area contributed by atoms with Gasteiger partial charge in [-0.2, -0.15) is 0 Å². The number of pyridine rings is 1. The number of alkyl halides is 3. The highest BCUT2D eigenvalue weighted by Crippen LogP contribution is 2.40. The van der Waals surface area contributed by atoms with Crippen molar-refractivity contribution >= 4 is 83.4 Å². The van der Waals surface area contributed by atoms with Crippen molar-refractivity contribution in [3.8, 4) is 5.75 Å². The molecular formula is C16H9BrCl3NO3. The summed E-state index contributed by atoms with van der Waals surface area (Å²) in [6, 6.07) is 7.66. The first-order chi connectivity index (χ1) is 11.4. The van der Waals surface area contributed by atoms with Gasteiger partial charge in [0.15, 0.2) is 21.1 Å². The molecule has 0 unspecified atom stereocenters. The Morgan fingerprint density at radius 1 is 1.21 bits per heavy atom. The van der Waals surface area contributed by atoms with E-state index in [-0.39, 0.29) is 0 Å². The lowest BCUT2D eigenvalue weighted by atomic mass is 10.0. The summed E-state index contributed by atoms with van der Waals surface area (Å²) in [4.78, 5) is 16.3. The van der Waals surface area contributed by atoms with Gasteiger partial charge in [-0.15, -0.1) is 0 Å². The molecule has 0 atom stereocenters. The van der Waals surface area contributed by atoms with Gasteiger partial charge in [0.1, 0.15) is 0 Å². The molecule has 24 heavy (non-hydrogen) atoms. The fraction of sp³-hybridized carbons (Fsp3) is 0.125. The van der Waals surface area contributed by atoms with Crippen LogP contribution in [0.4, 0.5) is 0 Å². The van der Waals surface area contributed by atoms with Gasteiger partial charge in [0.2, 0.25) is 0 Å². The fourth-order valence-corrected chi connectivity index (χ4v) is 3.17. The molecule has 0 saturated heterocycles. The Bertz CT molecular complexity index is 1080. The second-order valence-electron chi connectivity index (χ2n) is 4.77.